The second kappa shape index (κ2) is 8.51. The maximum atomic E-state index is 13.3. The number of imidazole rings is 1. The average Bonchev–Trinajstić information content (AvgIpc) is 3.54. The van der Waals surface area contributed by atoms with Crippen LogP contribution in [0.15, 0.2) is 72.1 Å². The molecular weight excluding hydrogens is 411 g/mol. The molecule has 156 valence electrons. The van der Waals surface area contributed by atoms with Gasteiger partial charge < -0.3 is 9.88 Å². The van der Waals surface area contributed by atoms with Gasteiger partial charge in [-0.25, -0.2) is 9.37 Å². The van der Waals surface area contributed by atoms with E-state index in [2.05, 4.69) is 14.9 Å². The summed E-state index contributed by atoms with van der Waals surface area (Å²) in [5.74, 6) is 0.477. The van der Waals surface area contributed by atoms with Crippen molar-refractivity contribution in [2.75, 3.05) is 0 Å². The number of halogens is 1. The number of nitrogens with one attached hydrogen (secondary N) is 1. The van der Waals surface area contributed by atoms with E-state index in [4.69, 9.17) is 4.98 Å². The van der Waals surface area contributed by atoms with Crippen LogP contribution in [0.1, 0.15) is 34.3 Å². The zero-order valence-corrected chi connectivity index (χ0v) is 17.6. The van der Waals surface area contributed by atoms with E-state index >= 15 is 0 Å². The van der Waals surface area contributed by atoms with Gasteiger partial charge in [-0.1, -0.05) is 36.0 Å². The molecule has 1 fully saturated rings. The monoisotopic (exact) mass is 432 g/mol. The minimum absolute atomic E-state index is 0.00436. The fourth-order valence-corrected chi connectivity index (χ4v) is 4.35. The van der Waals surface area contributed by atoms with Gasteiger partial charge >= 0.3 is 0 Å². The third-order valence-electron chi connectivity index (χ3n) is 5.27. The molecular formula is C24H21FN4OS. The number of pyridine rings is 1. The lowest BCUT2D eigenvalue weighted by atomic mass is 10.1. The maximum Gasteiger partial charge on any atom is 0.251 e. The van der Waals surface area contributed by atoms with E-state index in [1.54, 1.807) is 30.1 Å². The SMILES string of the molecule is O=C(NC1CC1)c1ccc(CSc2nc3ccncc3n2Cc2ccc(F)cc2)cc1. The topological polar surface area (TPSA) is 59.8 Å². The van der Waals surface area contributed by atoms with Crippen molar-refractivity contribution < 1.29 is 9.18 Å². The lowest BCUT2D eigenvalue weighted by Crippen LogP contribution is -2.25. The van der Waals surface area contributed by atoms with Gasteiger partial charge in [-0.2, -0.15) is 0 Å². The van der Waals surface area contributed by atoms with Crippen LogP contribution in [-0.2, 0) is 12.3 Å². The van der Waals surface area contributed by atoms with Gasteiger partial charge in [0.1, 0.15) is 5.82 Å². The standard InChI is InChI=1S/C24H21FN4OS/c25-19-7-3-16(4-8-19)14-29-22-13-26-12-11-21(22)28-24(29)31-15-17-1-5-18(6-2-17)23(30)27-20-9-10-20/h1-8,11-13,20H,9-10,14-15H2,(H,27,30). The Kier molecular flexibility index (Phi) is 5.42. The molecule has 5 rings (SSSR count). The molecule has 0 unspecified atom stereocenters. The number of nitrogens with zero attached hydrogens (tertiary/aromatic N) is 3. The van der Waals surface area contributed by atoms with Crippen molar-refractivity contribution >= 4 is 28.7 Å². The molecule has 7 heteroatoms. The van der Waals surface area contributed by atoms with E-state index in [9.17, 15) is 9.18 Å². The highest BCUT2D eigenvalue weighted by Crippen LogP contribution is 2.28. The summed E-state index contributed by atoms with van der Waals surface area (Å²) < 4.78 is 15.4. The quantitative estimate of drug-likeness (QED) is 0.426. The van der Waals surface area contributed by atoms with Crippen molar-refractivity contribution in [3.63, 3.8) is 0 Å². The Morgan fingerprint density at radius 3 is 2.55 bits per heavy atom. The van der Waals surface area contributed by atoms with Crippen LogP contribution in [0.3, 0.4) is 0 Å². The number of amides is 1. The fourth-order valence-electron chi connectivity index (χ4n) is 3.38. The summed E-state index contributed by atoms with van der Waals surface area (Å²) in [5.41, 5.74) is 4.63. The second-order valence-electron chi connectivity index (χ2n) is 7.70. The Bertz CT molecular complexity index is 1220. The molecule has 5 nitrogen and oxygen atoms in total. The minimum Gasteiger partial charge on any atom is -0.349 e. The molecule has 1 aliphatic rings. The second-order valence-corrected chi connectivity index (χ2v) is 8.65. The summed E-state index contributed by atoms with van der Waals surface area (Å²) in [6.07, 6.45) is 5.70. The Balaban J connectivity index is 1.33. The number of carbonyl (C=O) groups is 1. The van der Waals surface area contributed by atoms with Crippen LogP contribution in [0.4, 0.5) is 4.39 Å². The Labute approximate surface area is 183 Å². The summed E-state index contributed by atoms with van der Waals surface area (Å²) >= 11 is 1.63. The van der Waals surface area contributed by atoms with Crippen LogP contribution in [0.5, 0.6) is 0 Å². The first kappa shape index (κ1) is 19.8. The lowest BCUT2D eigenvalue weighted by Gasteiger charge is -2.09. The predicted octanol–water partition coefficient (Wildman–Crippen LogP) is 4.80. The van der Waals surface area contributed by atoms with Crippen LogP contribution >= 0.6 is 11.8 Å². The van der Waals surface area contributed by atoms with Gasteiger partial charge in [-0.3, -0.25) is 9.78 Å². The van der Waals surface area contributed by atoms with Crippen LogP contribution < -0.4 is 5.32 Å². The van der Waals surface area contributed by atoms with Gasteiger partial charge in [-0.15, -0.1) is 0 Å². The van der Waals surface area contributed by atoms with Gasteiger partial charge in [0, 0.05) is 23.6 Å². The van der Waals surface area contributed by atoms with Crippen molar-refractivity contribution in [3.05, 3.63) is 89.5 Å². The number of rotatable bonds is 7. The van der Waals surface area contributed by atoms with E-state index in [1.807, 2.05) is 36.5 Å². The third-order valence-corrected chi connectivity index (χ3v) is 6.31. The Morgan fingerprint density at radius 1 is 1.06 bits per heavy atom. The molecule has 0 bridgehead atoms. The summed E-state index contributed by atoms with van der Waals surface area (Å²) in [4.78, 5) is 21.2. The normalized spacial score (nSPS) is 13.5. The molecule has 4 aromatic rings. The maximum absolute atomic E-state index is 13.3. The Hall–Kier alpha value is -3.19. The molecule has 31 heavy (non-hydrogen) atoms. The molecule has 0 atom stereocenters. The summed E-state index contributed by atoms with van der Waals surface area (Å²) in [6, 6.07) is 16.5. The van der Waals surface area contributed by atoms with Crippen molar-refractivity contribution in [3.8, 4) is 0 Å². The molecule has 2 aromatic carbocycles. The van der Waals surface area contributed by atoms with Crippen LogP contribution in [0.2, 0.25) is 0 Å². The van der Waals surface area contributed by atoms with Crippen molar-refractivity contribution in [1.82, 2.24) is 19.9 Å². The molecule has 0 radical (unpaired) electrons. The van der Waals surface area contributed by atoms with E-state index in [1.165, 1.54) is 12.1 Å². The van der Waals surface area contributed by atoms with Gasteiger partial charge in [0.05, 0.1) is 23.8 Å². The number of thioether (sulfide) groups is 1. The molecule has 1 amide bonds. The van der Waals surface area contributed by atoms with Crippen molar-refractivity contribution in [2.45, 2.75) is 36.3 Å². The van der Waals surface area contributed by atoms with Crippen molar-refractivity contribution in [2.24, 2.45) is 0 Å². The minimum atomic E-state index is -0.246. The molecule has 2 heterocycles. The van der Waals surface area contributed by atoms with Gasteiger partial charge in [0.15, 0.2) is 5.16 Å². The van der Waals surface area contributed by atoms with Gasteiger partial charge in [0.25, 0.3) is 5.91 Å². The third kappa shape index (κ3) is 4.61. The van der Waals surface area contributed by atoms with Gasteiger partial charge in [-0.05, 0) is 54.3 Å². The first-order valence-corrected chi connectivity index (χ1v) is 11.2. The van der Waals surface area contributed by atoms with Crippen molar-refractivity contribution in [1.29, 1.82) is 0 Å². The molecule has 1 N–H and O–H groups in total. The fraction of sp³-hybridized carbons (Fsp3) is 0.208. The van der Waals surface area contributed by atoms with Crippen LogP contribution in [0.25, 0.3) is 11.0 Å². The first-order valence-electron chi connectivity index (χ1n) is 10.2. The van der Waals surface area contributed by atoms with E-state index in [-0.39, 0.29) is 11.7 Å². The molecule has 2 aromatic heterocycles. The van der Waals surface area contributed by atoms with Gasteiger partial charge in [0.2, 0.25) is 0 Å². The average molecular weight is 433 g/mol. The number of carbonyl (C=O) groups excluding carboxylic acids is 1. The number of benzene rings is 2. The highest BCUT2D eigenvalue weighted by molar-refractivity contribution is 7.98. The van der Waals surface area contributed by atoms with Crippen LogP contribution in [0, 0.1) is 5.82 Å². The van der Waals surface area contributed by atoms with Crippen LogP contribution in [-0.4, -0.2) is 26.5 Å². The highest BCUT2D eigenvalue weighted by atomic mass is 32.2. The highest BCUT2D eigenvalue weighted by Gasteiger charge is 2.23. The zero-order valence-electron chi connectivity index (χ0n) is 16.8. The summed E-state index contributed by atoms with van der Waals surface area (Å²) in [6.45, 7) is 0.588. The largest absolute Gasteiger partial charge is 0.349 e. The number of hydrogen-bond acceptors (Lipinski definition) is 4. The molecule has 0 aliphatic heterocycles. The zero-order chi connectivity index (χ0) is 21.2. The van der Waals surface area contributed by atoms with E-state index in [0.717, 1.165) is 45.9 Å². The molecule has 0 spiro atoms. The first-order chi connectivity index (χ1) is 15.2. The smallest absolute Gasteiger partial charge is 0.251 e. The van der Waals surface area contributed by atoms with E-state index < -0.39 is 0 Å². The number of hydrogen-bond donors (Lipinski definition) is 1. The molecule has 1 saturated carbocycles. The number of fused-ring (bicyclic) bond motifs is 1. The molecule has 1 aliphatic carbocycles. The number of aromatic nitrogens is 3. The summed E-state index contributed by atoms with van der Waals surface area (Å²) in [5, 5.41) is 3.89. The van der Waals surface area contributed by atoms with E-state index in [0.29, 0.717) is 18.2 Å². The summed E-state index contributed by atoms with van der Waals surface area (Å²) in [7, 11) is 0. The Morgan fingerprint density at radius 2 is 1.81 bits per heavy atom. The lowest BCUT2D eigenvalue weighted by molar-refractivity contribution is 0.0951. The molecule has 0 saturated heterocycles. The predicted molar refractivity (Wildman–Crippen MR) is 120 cm³/mol.